The molecule has 30 heavy (non-hydrogen) atoms. The Morgan fingerprint density at radius 3 is 2.67 bits per heavy atom. The predicted molar refractivity (Wildman–Crippen MR) is 137 cm³/mol. The number of benzene rings is 1. The Hall–Kier alpha value is -1.55. The maximum absolute atomic E-state index is 13.5. The zero-order valence-corrected chi connectivity index (χ0v) is 21.1. The molecule has 5 nitrogen and oxygen atoms in total. The van der Waals surface area contributed by atoms with E-state index in [4.69, 9.17) is 0 Å². The van der Waals surface area contributed by atoms with Gasteiger partial charge in [0, 0.05) is 37.1 Å². The molecule has 2 N–H and O–H groups in total. The van der Waals surface area contributed by atoms with Crippen molar-refractivity contribution in [3.63, 3.8) is 0 Å². The quantitative estimate of drug-likeness (QED) is 0.202. The van der Waals surface area contributed by atoms with Crippen molar-refractivity contribution in [1.29, 1.82) is 0 Å². The number of nitrogens with zero attached hydrogens (tertiary/aromatic N) is 2. The third kappa shape index (κ3) is 8.67. The van der Waals surface area contributed by atoms with Gasteiger partial charge in [-0.3, -0.25) is 4.79 Å². The van der Waals surface area contributed by atoms with Crippen LogP contribution in [0.25, 0.3) is 0 Å². The summed E-state index contributed by atoms with van der Waals surface area (Å²) in [5.74, 6) is 1.31. The SMILES string of the molecule is CCNC(=NCc1ccc(F)cc1CSC)NCCCCn1c(C)cccc1=O.I. The molecule has 0 fully saturated rings. The molecule has 0 aliphatic carbocycles. The molecule has 8 heteroatoms. The Balaban J connectivity index is 0.00000450. The van der Waals surface area contributed by atoms with Crippen LogP contribution in [0.1, 0.15) is 36.6 Å². The second-order valence-corrected chi connectivity index (χ2v) is 7.70. The highest BCUT2D eigenvalue weighted by atomic mass is 127. The number of aromatic nitrogens is 1. The Morgan fingerprint density at radius 1 is 1.17 bits per heavy atom. The van der Waals surface area contributed by atoms with Gasteiger partial charge in [0.15, 0.2) is 5.96 Å². The molecular weight excluding hydrogens is 514 g/mol. The van der Waals surface area contributed by atoms with Gasteiger partial charge >= 0.3 is 0 Å². The lowest BCUT2D eigenvalue weighted by atomic mass is 10.1. The number of halogens is 2. The molecule has 0 amide bonds. The number of aryl methyl sites for hydroxylation is 1. The number of rotatable bonds is 10. The summed E-state index contributed by atoms with van der Waals surface area (Å²) < 4.78 is 15.3. The van der Waals surface area contributed by atoms with E-state index in [1.165, 1.54) is 6.07 Å². The van der Waals surface area contributed by atoms with E-state index in [-0.39, 0.29) is 35.4 Å². The number of aliphatic imine (C=N–C) groups is 1. The average molecular weight is 546 g/mol. The first-order valence-corrected chi connectivity index (χ1v) is 11.4. The summed E-state index contributed by atoms with van der Waals surface area (Å²) >= 11 is 1.67. The Bertz CT molecular complexity index is 872. The molecule has 0 radical (unpaired) electrons. The van der Waals surface area contributed by atoms with Gasteiger partial charge in [-0.2, -0.15) is 11.8 Å². The van der Waals surface area contributed by atoms with Gasteiger partial charge in [-0.25, -0.2) is 9.38 Å². The predicted octanol–water partition coefficient (Wildman–Crippen LogP) is 4.31. The molecule has 1 aromatic carbocycles. The highest BCUT2D eigenvalue weighted by molar-refractivity contribution is 14.0. The molecular formula is C22H32FIN4OS. The van der Waals surface area contributed by atoms with Crippen LogP contribution < -0.4 is 16.2 Å². The number of guanidine groups is 1. The first-order chi connectivity index (χ1) is 14.0. The van der Waals surface area contributed by atoms with Crippen molar-refractivity contribution >= 4 is 41.7 Å². The summed E-state index contributed by atoms with van der Waals surface area (Å²) in [4.78, 5) is 16.6. The molecule has 0 spiro atoms. The fraction of sp³-hybridized carbons (Fsp3) is 0.455. The fourth-order valence-corrected chi connectivity index (χ4v) is 3.64. The van der Waals surface area contributed by atoms with Crippen LogP contribution >= 0.6 is 35.7 Å². The van der Waals surface area contributed by atoms with Gasteiger partial charge in [0.25, 0.3) is 5.56 Å². The van der Waals surface area contributed by atoms with E-state index in [1.54, 1.807) is 34.5 Å². The summed E-state index contributed by atoms with van der Waals surface area (Å²) in [7, 11) is 0. The molecule has 0 unspecified atom stereocenters. The Kier molecular flexibility index (Phi) is 12.8. The zero-order chi connectivity index (χ0) is 21.1. The van der Waals surface area contributed by atoms with Crippen LogP contribution in [-0.2, 0) is 18.8 Å². The van der Waals surface area contributed by atoms with Gasteiger partial charge in [-0.1, -0.05) is 12.1 Å². The molecule has 1 aromatic heterocycles. The molecule has 0 aliphatic rings. The van der Waals surface area contributed by atoms with Gasteiger partial charge in [0.2, 0.25) is 0 Å². The van der Waals surface area contributed by atoms with Crippen molar-refractivity contribution in [2.45, 2.75) is 45.5 Å². The fourth-order valence-electron chi connectivity index (χ4n) is 3.06. The van der Waals surface area contributed by atoms with Gasteiger partial charge in [0.1, 0.15) is 5.82 Å². The van der Waals surface area contributed by atoms with Crippen LogP contribution in [0.5, 0.6) is 0 Å². The summed E-state index contributed by atoms with van der Waals surface area (Å²) in [5.41, 5.74) is 3.06. The molecule has 0 aliphatic heterocycles. The zero-order valence-electron chi connectivity index (χ0n) is 17.9. The van der Waals surface area contributed by atoms with Crippen LogP contribution in [0.2, 0.25) is 0 Å². The van der Waals surface area contributed by atoms with Crippen molar-refractivity contribution in [1.82, 2.24) is 15.2 Å². The average Bonchev–Trinajstić information content (AvgIpc) is 2.69. The molecule has 1 heterocycles. The van der Waals surface area contributed by atoms with E-state index in [9.17, 15) is 9.18 Å². The third-order valence-electron chi connectivity index (χ3n) is 4.59. The topological polar surface area (TPSA) is 58.4 Å². The summed E-state index contributed by atoms with van der Waals surface area (Å²) in [5, 5.41) is 6.59. The molecule has 2 rings (SSSR count). The maximum atomic E-state index is 13.5. The van der Waals surface area contributed by atoms with Crippen molar-refractivity contribution in [3.05, 3.63) is 69.4 Å². The summed E-state index contributed by atoms with van der Waals surface area (Å²) in [6.45, 7) is 6.74. The van der Waals surface area contributed by atoms with Crippen molar-refractivity contribution < 1.29 is 4.39 Å². The smallest absolute Gasteiger partial charge is 0.250 e. The van der Waals surface area contributed by atoms with Crippen molar-refractivity contribution in [2.24, 2.45) is 4.99 Å². The minimum atomic E-state index is -0.209. The van der Waals surface area contributed by atoms with E-state index in [0.29, 0.717) is 13.1 Å². The number of thioether (sulfide) groups is 1. The first-order valence-electron chi connectivity index (χ1n) is 10.00. The molecule has 0 atom stereocenters. The van der Waals surface area contributed by atoms with E-state index in [1.807, 2.05) is 32.2 Å². The minimum Gasteiger partial charge on any atom is -0.357 e. The lowest BCUT2D eigenvalue weighted by Gasteiger charge is -2.13. The number of nitrogens with one attached hydrogen (secondary N) is 2. The van der Waals surface area contributed by atoms with Crippen molar-refractivity contribution in [3.8, 4) is 0 Å². The van der Waals surface area contributed by atoms with Crippen LogP contribution in [0.15, 0.2) is 46.2 Å². The molecule has 166 valence electrons. The van der Waals surface area contributed by atoms with Crippen molar-refractivity contribution in [2.75, 3.05) is 19.3 Å². The second kappa shape index (κ2) is 14.5. The molecule has 0 saturated carbocycles. The van der Waals surface area contributed by atoms with Crippen LogP contribution in [0.3, 0.4) is 0 Å². The third-order valence-corrected chi connectivity index (χ3v) is 5.19. The molecule has 0 saturated heterocycles. The van der Waals surface area contributed by atoms with E-state index < -0.39 is 0 Å². The number of unbranched alkanes of at least 4 members (excludes halogenated alkanes) is 1. The molecule has 2 aromatic rings. The van der Waals surface area contributed by atoms with Gasteiger partial charge < -0.3 is 15.2 Å². The molecule has 0 bridgehead atoms. The van der Waals surface area contributed by atoms with E-state index in [0.717, 1.165) is 54.5 Å². The lowest BCUT2D eigenvalue weighted by molar-refractivity contribution is 0.575. The normalized spacial score (nSPS) is 11.1. The Labute approximate surface area is 200 Å². The monoisotopic (exact) mass is 546 g/mol. The lowest BCUT2D eigenvalue weighted by Crippen LogP contribution is -2.37. The maximum Gasteiger partial charge on any atom is 0.250 e. The van der Waals surface area contributed by atoms with Gasteiger partial charge in [0.05, 0.1) is 6.54 Å². The Morgan fingerprint density at radius 2 is 1.97 bits per heavy atom. The van der Waals surface area contributed by atoms with E-state index >= 15 is 0 Å². The van der Waals surface area contributed by atoms with Crippen LogP contribution in [0, 0.1) is 12.7 Å². The minimum absolute atomic E-state index is 0. The van der Waals surface area contributed by atoms with Gasteiger partial charge in [-0.15, -0.1) is 24.0 Å². The number of pyridine rings is 1. The number of hydrogen-bond donors (Lipinski definition) is 2. The standard InChI is InChI=1S/C22H31FN4OS.HI/c1-4-24-22(26-15-18-10-11-20(23)14-19(18)16-29-3)25-12-5-6-13-27-17(2)8-7-9-21(27)28;/h7-11,14H,4-6,12-13,15-16H2,1-3H3,(H2,24,25,26);1H. The highest BCUT2D eigenvalue weighted by Crippen LogP contribution is 2.17. The summed E-state index contributed by atoms with van der Waals surface area (Å²) in [6.07, 6.45) is 3.85. The summed E-state index contributed by atoms with van der Waals surface area (Å²) in [6, 6.07) is 10.2. The largest absolute Gasteiger partial charge is 0.357 e. The van der Waals surface area contributed by atoms with E-state index in [2.05, 4.69) is 15.6 Å². The van der Waals surface area contributed by atoms with Crippen LogP contribution in [0.4, 0.5) is 4.39 Å². The highest BCUT2D eigenvalue weighted by Gasteiger charge is 2.05. The van der Waals surface area contributed by atoms with Gasteiger partial charge in [-0.05, 0) is 62.3 Å². The first kappa shape index (κ1) is 26.5. The second-order valence-electron chi connectivity index (χ2n) is 6.83. The number of hydrogen-bond acceptors (Lipinski definition) is 3. The van der Waals surface area contributed by atoms with Crippen LogP contribution in [-0.4, -0.2) is 29.9 Å².